The Bertz CT molecular complexity index is 1200. The van der Waals surface area contributed by atoms with E-state index in [0.29, 0.717) is 23.8 Å². The Morgan fingerprint density at radius 3 is 2.42 bits per heavy atom. The Hall–Kier alpha value is -2.62. The molecule has 1 aliphatic heterocycles. The topological polar surface area (TPSA) is 92.3 Å². The van der Waals surface area contributed by atoms with Gasteiger partial charge in [-0.1, -0.05) is 35.5 Å². The van der Waals surface area contributed by atoms with Gasteiger partial charge in [0.2, 0.25) is 15.2 Å². The third kappa shape index (κ3) is 4.68. The predicted molar refractivity (Wildman–Crippen MR) is 122 cm³/mol. The lowest BCUT2D eigenvalue weighted by Crippen LogP contribution is -2.35. The van der Waals surface area contributed by atoms with E-state index >= 15 is 0 Å². The first-order valence-corrected chi connectivity index (χ1v) is 12.4. The number of benzene rings is 2. The Labute approximate surface area is 186 Å². The number of amides is 1. The largest absolute Gasteiger partial charge is 0.296 e. The van der Waals surface area contributed by atoms with E-state index < -0.39 is 10.0 Å². The van der Waals surface area contributed by atoms with Crippen LogP contribution >= 0.6 is 11.3 Å². The molecule has 1 fully saturated rings. The summed E-state index contributed by atoms with van der Waals surface area (Å²) in [6.45, 7) is 5.12. The number of anilines is 1. The van der Waals surface area contributed by atoms with Crippen molar-refractivity contribution in [3.63, 3.8) is 0 Å². The van der Waals surface area contributed by atoms with Crippen molar-refractivity contribution in [2.45, 2.75) is 38.0 Å². The van der Waals surface area contributed by atoms with Crippen molar-refractivity contribution in [3.05, 3.63) is 59.2 Å². The van der Waals surface area contributed by atoms with Gasteiger partial charge in [-0.2, -0.15) is 4.31 Å². The summed E-state index contributed by atoms with van der Waals surface area (Å²) in [5.41, 5.74) is 3.57. The van der Waals surface area contributed by atoms with Crippen molar-refractivity contribution in [2.24, 2.45) is 0 Å². The van der Waals surface area contributed by atoms with Gasteiger partial charge in [0.1, 0.15) is 5.01 Å². The fraction of sp³-hybridized carbons (Fsp3) is 0.318. The van der Waals surface area contributed by atoms with Crippen molar-refractivity contribution in [1.29, 1.82) is 0 Å². The standard InChI is InChI=1S/C22H24N4O3S2/c1-15-6-7-16(2)19(14-15)21-24-25-22(30-21)23-20(27)17-8-10-18(11-9-17)31(28,29)26-12-4-3-5-13-26/h6-11,14H,3-5,12-13H2,1-2H3,(H,23,25,27). The van der Waals surface area contributed by atoms with Crippen LogP contribution in [0.3, 0.4) is 0 Å². The molecule has 0 unspecified atom stereocenters. The van der Waals surface area contributed by atoms with E-state index in [-0.39, 0.29) is 10.8 Å². The molecule has 1 saturated heterocycles. The molecule has 1 aromatic heterocycles. The second kappa shape index (κ2) is 8.86. The lowest BCUT2D eigenvalue weighted by molar-refractivity contribution is 0.102. The normalized spacial score (nSPS) is 15.0. The number of piperidine rings is 1. The molecule has 1 amide bonds. The van der Waals surface area contributed by atoms with Gasteiger partial charge in [0, 0.05) is 24.2 Å². The van der Waals surface area contributed by atoms with Crippen molar-refractivity contribution in [3.8, 4) is 10.6 Å². The minimum absolute atomic E-state index is 0.207. The second-order valence-electron chi connectivity index (χ2n) is 7.67. The fourth-order valence-corrected chi connectivity index (χ4v) is 5.89. The molecular weight excluding hydrogens is 432 g/mol. The monoisotopic (exact) mass is 456 g/mol. The summed E-state index contributed by atoms with van der Waals surface area (Å²) in [5, 5.41) is 12.2. The molecule has 9 heteroatoms. The number of carbonyl (C=O) groups excluding carboxylic acids is 1. The first-order valence-electron chi connectivity index (χ1n) is 10.2. The Kier molecular flexibility index (Phi) is 6.17. The molecular formula is C22H24N4O3S2. The van der Waals surface area contributed by atoms with Crippen molar-refractivity contribution in [1.82, 2.24) is 14.5 Å². The number of nitrogens with zero attached hydrogens (tertiary/aromatic N) is 3. The van der Waals surface area contributed by atoms with Crippen molar-refractivity contribution >= 4 is 32.4 Å². The highest BCUT2D eigenvalue weighted by Crippen LogP contribution is 2.30. The van der Waals surface area contributed by atoms with E-state index in [0.717, 1.165) is 41.0 Å². The molecule has 0 radical (unpaired) electrons. The van der Waals surface area contributed by atoms with Gasteiger partial charge in [0.15, 0.2) is 0 Å². The zero-order chi connectivity index (χ0) is 22.0. The van der Waals surface area contributed by atoms with E-state index in [2.05, 4.69) is 15.5 Å². The van der Waals surface area contributed by atoms with Crippen LogP contribution < -0.4 is 5.32 Å². The van der Waals surface area contributed by atoms with Crippen LogP contribution in [0.5, 0.6) is 0 Å². The van der Waals surface area contributed by atoms with Crippen LogP contribution in [0.2, 0.25) is 0 Å². The molecule has 1 aliphatic rings. The lowest BCUT2D eigenvalue weighted by Gasteiger charge is -2.25. The highest BCUT2D eigenvalue weighted by molar-refractivity contribution is 7.89. The van der Waals surface area contributed by atoms with E-state index in [1.165, 1.54) is 39.9 Å². The van der Waals surface area contributed by atoms with Gasteiger partial charge in [-0.3, -0.25) is 10.1 Å². The summed E-state index contributed by atoms with van der Waals surface area (Å²) in [6.07, 6.45) is 2.82. The van der Waals surface area contributed by atoms with Gasteiger partial charge in [-0.15, -0.1) is 10.2 Å². The number of aryl methyl sites for hydroxylation is 2. The van der Waals surface area contributed by atoms with E-state index in [9.17, 15) is 13.2 Å². The molecule has 0 saturated carbocycles. The van der Waals surface area contributed by atoms with Gasteiger partial charge in [0.25, 0.3) is 5.91 Å². The first-order chi connectivity index (χ1) is 14.8. The Morgan fingerprint density at radius 1 is 1.00 bits per heavy atom. The first kappa shape index (κ1) is 21.6. The molecule has 31 heavy (non-hydrogen) atoms. The highest BCUT2D eigenvalue weighted by atomic mass is 32.2. The number of nitrogens with one attached hydrogen (secondary N) is 1. The maximum absolute atomic E-state index is 12.8. The van der Waals surface area contributed by atoms with E-state index in [1.807, 2.05) is 32.0 Å². The van der Waals surface area contributed by atoms with Gasteiger partial charge < -0.3 is 0 Å². The minimum Gasteiger partial charge on any atom is -0.296 e. The summed E-state index contributed by atoms with van der Waals surface area (Å²) in [4.78, 5) is 12.8. The van der Waals surface area contributed by atoms with Crippen molar-refractivity contribution < 1.29 is 13.2 Å². The number of hydrogen-bond donors (Lipinski definition) is 1. The predicted octanol–water partition coefficient (Wildman–Crippen LogP) is 4.25. The Morgan fingerprint density at radius 2 is 1.71 bits per heavy atom. The van der Waals surface area contributed by atoms with Crippen LogP contribution in [0.4, 0.5) is 5.13 Å². The summed E-state index contributed by atoms with van der Waals surface area (Å²) in [7, 11) is -3.52. The number of carbonyl (C=O) groups is 1. The van der Waals surface area contributed by atoms with Gasteiger partial charge in [-0.25, -0.2) is 8.42 Å². The molecule has 0 atom stereocenters. The molecule has 0 bridgehead atoms. The van der Waals surface area contributed by atoms with Crippen molar-refractivity contribution in [2.75, 3.05) is 18.4 Å². The lowest BCUT2D eigenvalue weighted by atomic mass is 10.1. The zero-order valence-electron chi connectivity index (χ0n) is 17.5. The van der Waals surface area contributed by atoms with Crippen LogP contribution in [-0.4, -0.2) is 41.9 Å². The number of rotatable bonds is 5. The minimum atomic E-state index is -3.52. The van der Waals surface area contributed by atoms with Crippen LogP contribution in [0.1, 0.15) is 40.7 Å². The van der Waals surface area contributed by atoms with Crippen LogP contribution in [-0.2, 0) is 10.0 Å². The van der Waals surface area contributed by atoms with Crippen LogP contribution in [0.25, 0.3) is 10.6 Å². The molecule has 162 valence electrons. The summed E-state index contributed by atoms with van der Waals surface area (Å²) in [6, 6.07) is 12.1. The highest BCUT2D eigenvalue weighted by Gasteiger charge is 2.26. The van der Waals surface area contributed by atoms with Crippen LogP contribution in [0, 0.1) is 13.8 Å². The second-order valence-corrected chi connectivity index (χ2v) is 10.6. The third-order valence-corrected chi connectivity index (χ3v) is 8.12. The number of aromatic nitrogens is 2. The van der Waals surface area contributed by atoms with E-state index in [1.54, 1.807) is 0 Å². The molecule has 1 N–H and O–H groups in total. The summed E-state index contributed by atoms with van der Waals surface area (Å²) < 4.78 is 27.0. The quantitative estimate of drug-likeness (QED) is 0.620. The molecule has 7 nitrogen and oxygen atoms in total. The Balaban J connectivity index is 1.47. The molecule has 4 rings (SSSR count). The van der Waals surface area contributed by atoms with Crippen LogP contribution in [0.15, 0.2) is 47.4 Å². The summed E-state index contributed by atoms with van der Waals surface area (Å²) in [5.74, 6) is -0.356. The van der Waals surface area contributed by atoms with E-state index in [4.69, 9.17) is 0 Å². The maximum atomic E-state index is 12.8. The van der Waals surface area contributed by atoms with Gasteiger partial charge in [-0.05, 0) is 62.6 Å². The number of hydrogen-bond acceptors (Lipinski definition) is 6. The van der Waals surface area contributed by atoms with Gasteiger partial charge in [0.05, 0.1) is 4.90 Å². The molecule has 0 spiro atoms. The smallest absolute Gasteiger partial charge is 0.257 e. The molecule has 2 aromatic carbocycles. The molecule has 0 aliphatic carbocycles. The summed E-state index contributed by atoms with van der Waals surface area (Å²) >= 11 is 1.30. The average Bonchev–Trinajstić information content (AvgIpc) is 3.24. The maximum Gasteiger partial charge on any atom is 0.257 e. The fourth-order valence-electron chi connectivity index (χ4n) is 3.55. The SMILES string of the molecule is Cc1ccc(C)c(-c2nnc(NC(=O)c3ccc(S(=O)(=O)N4CCCCC4)cc3)s2)c1. The number of sulfonamides is 1. The van der Waals surface area contributed by atoms with Gasteiger partial charge >= 0.3 is 0 Å². The third-order valence-electron chi connectivity index (χ3n) is 5.34. The zero-order valence-corrected chi connectivity index (χ0v) is 19.1. The molecule has 3 aromatic rings. The molecule has 2 heterocycles. The average molecular weight is 457 g/mol.